The maximum atomic E-state index is 12.3. The van der Waals surface area contributed by atoms with Gasteiger partial charge in [0.25, 0.3) is 0 Å². The molecule has 1 N–H and O–H groups in total. The highest BCUT2D eigenvalue weighted by atomic mass is 16.1. The molecule has 3 rings (SSSR count). The van der Waals surface area contributed by atoms with Gasteiger partial charge in [-0.05, 0) is 55.7 Å². The molecule has 3 nitrogen and oxygen atoms in total. The van der Waals surface area contributed by atoms with Crippen LogP contribution in [0.5, 0.6) is 0 Å². The first-order chi connectivity index (χ1) is 11.2. The minimum atomic E-state index is 0.0837. The van der Waals surface area contributed by atoms with Crippen molar-refractivity contribution in [1.82, 2.24) is 10.3 Å². The lowest BCUT2D eigenvalue weighted by atomic mass is 10.0. The molecule has 2 aromatic rings. The number of benzene rings is 1. The van der Waals surface area contributed by atoms with Crippen molar-refractivity contribution < 1.29 is 4.79 Å². The van der Waals surface area contributed by atoms with Gasteiger partial charge in [0.1, 0.15) is 0 Å². The van der Waals surface area contributed by atoms with Gasteiger partial charge in [0.2, 0.25) is 5.91 Å². The van der Waals surface area contributed by atoms with E-state index in [1.165, 1.54) is 18.4 Å². The average molecular weight is 308 g/mol. The lowest BCUT2D eigenvalue weighted by Gasteiger charge is -2.19. The highest BCUT2D eigenvalue weighted by Crippen LogP contribution is 2.41. The monoisotopic (exact) mass is 308 g/mol. The molecule has 1 saturated carbocycles. The van der Waals surface area contributed by atoms with Crippen LogP contribution in [0.4, 0.5) is 0 Å². The number of carbonyl (C=O) groups is 1. The van der Waals surface area contributed by atoms with E-state index in [2.05, 4.69) is 35.4 Å². The van der Waals surface area contributed by atoms with E-state index < -0.39 is 0 Å². The fourth-order valence-corrected chi connectivity index (χ4v) is 3.01. The first kappa shape index (κ1) is 15.7. The molecular formula is C20H24N2O. The average Bonchev–Trinajstić information content (AvgIpc) is 3.39. The Morgan fingerprint density at radius 2 is 2.00 bits per heavy atom. The van der Waals surface area contributed by atoms with Crippen LogP contribution < -0.4 is 5.32 Å². The van der Waals surface area contributed by atoms with Gasteiger partial charge in [-0.15, -0.1) is 0 Å². The second kappa shape index (κ2) is 7.40. The Bertz CT molecular complexity index is 650. The molecule has 1 aromatic carbocycles. The molecule has 0 spiro atoms. The van der Waals surface area contributed by atoms with Crippen molar-refractivity contribution in [3.63, 3.8) is 0 Å². The Balaban J connectivity index is 1.54. The fraction of sp³-hybridized carbons (Fsp3) is 0.400. The summed E-state index contributed by atoms with van der Waals surface area (Å²) in [6.45, 7) is 2.07. The highest BCUT2D eigenvalue weighted by Gasteiger charge is 2.34. The van der Waals surface area contributed by atoms with Gasteiger partial charge < -0.3 is 5.32 Å². The van der Waals surface area contributed by atoms with Gasteiger partial charge in [-0.3, -0.25) is 9.78 Å². The lowest BCUT2D eigenvalue weighted by molar-refractivity contribution is -0.122. The zero-order chi connectivity index (χ0) is 16.1. The number of nitrogens with one attached hydrogen (secondary N) is 1. The quantitative estimate of drug-likeness (QED) is 0.840. The van der Waals surface area contributed by atoms with E-state index in [0.29, 0.717) is 12.3 Å². The largest absolute Gasteiger partial charge is 0.347 e. The minimum absolute atomic E-state index is 0.0837. The van der Waals surface area contributed by atoms with Gasteiger partial charge in [-0.2, -0.15) is 0 Å². The van der Waals surface area contributed by atoms with Crippen LogP contribution in [0.3, 0.4) is 0 Å². The van der Waals surface area contributed by atoms with Gasteiger partial charge in [0.05, 0.1) is 11.7 Å². The molecule has 1 amide bonds. The Hall–Kier alpha value is -2.16. The standard InChI is InChI=1S/C20H24N2O/c1-15-7-6-14-21-19(15)20(17-12-13-17)22-18(23)11-5-10-16-8-3-2-4-9-16/h2-4,6-9,14,17,20H,5,10-13H2,1H3,(H,22,23)/t20-/m0/s1. The van der Waals surface area contributed by atoms with Gasteiger partial charge in [-0.1, -0.05) is 36.4 Å². The van der Waals surface area contributed by atoms with E-state index in [1.54, 1.807) is 0 Å². The number of aryl methyl sites for hydroxylation is 2. The maximum Gasteiger partial charge on any atom is 0.220 e. The smallest absolute Gasteiger partial charge is 0.220 e. The fourth-order valence-electron chi connectivity index (χ4n) is 3.01. The van der Waals surface area contributed by atoms with Crippen LogP contribution in [0.25, 0.3) is 0 Å². The summed E-state index contributed by atoms with van der Waals surface area (Å²) in [6.07, 6.45) is 6.60. The van der Waals surface area contributed by atoms with E-state index >= 15 is 0 Å². The van der Waals surface area contributed by atoms with E-state index in [9.17, 15) is 4.79 Å². The Morgan fingerprint density at radius 1 is 1.22 bits per heavy atom. The van der Waals surface area contributed by atoms with Crippen molar-refractivity contribution in [3.8, 4) is 0 Å². The highest BCUT2D eigenvalue weighted by molar-refractivity contribution is 5.76. The van der Waals surface area contributed by atoms with E-state index in [1.807, 2.05) is 30.5 Å². The van der Waals surface area contributed by atoms with Crippen molar-refractivity contribution >= 4 is 5.91 Å². The Kier molecular flexibility index (Phi) is 5.06. The van der Waals surface area contributed by atoms with Crippen LogP contribution in [0.2, 0.25) is 0 Å². The first-order valence-electron chi connectivity index (χ1n) is 8.49. The zero-order valence-corrected chi connectivity index (χ0v) is 13.7. The zero-order valence-electron chi connectivity index (χ0n) is 13.7. The van der Waals surface area contributed by atoms with Crippen molar-refractivity contribution in [2.24, 2.45) is 5.92 Å². The molecule has 0 aliphatic heterocycles. The summed E-state index contributed by atoms with van der Waals surface area (Å²) in [5, 5.41) is 3.22. The van der Waals surface area contributed by atoms with Gasteiger partial charge in [0.15, 0.2) is 0 Å². The lowest BCUT2D eigenvalue weighted by Crippen LogP contribution is -2.30. The molecule has 120 valence electrons. The molecule has 1 fully saturated rings. The van der Waals surface area contributed by atoms with Gasteiger partial charge in [0, 0.05) is 12.6 Å². The third kappa shape index (κ3) is 4.41. The van der Waals surface area contributed by atoms with Crippen LogP contribution in [0.15, 0.2) is 48.7 Å². The van der Waals surface area contributed by atoms with E-state index in [0.717, 1.165) is 24.1 Å². The molecule has 0 saturated heterocycles. The van der Waals surface area contributed by atoms with Crippen LogP contribution in [-0.2, 0) is 11.2 Å². The summed E-state index contributed by atoms with van der Waals surface area (Å²) < 4.78 is 0. The summed E-state index contributed by atoms with van der Waals surface area (Å²) in [4.78, 5) is 16.8. The summed E-state index contributed by atoms with van der Waals surface area (Å²) in [6, 6.07) is 14.4. The van der Waals surface area contributed by atoms with E-state index in [4.69, 9.17) is 0 Å². The third-order valence-corrected chi connectivity index (χ3v) is 4.47. The SMILES string of the molecule is Cc1cccnc1[C@@H](NC(=O)CCCc1ccccc1)C1CC1. The minimum Gasteiger partial charge on any atom is -0.347 e. The van der Waals surface area contributed by atoms with Gasteiger partial charge in [-0.25, -0.2) is 0 Å². The van der Waals surface area contributed by atoms with Crippen molar-refractivity contribution in [2.75, 3.05) is 0 Å². The second-order valence-electron chi connectivity index (χ2n) is 6.43. The predicted octanol–water partition coefficient (Wildman–Crippen LogP) is 3.98. The summed E-state index contributed by atoms with van der Waals surface area (Å²) >= 11 is 0. The normalized spacial score (nSPS) is 15.2. The number of rotatable bonds is 7. The first-order valence-corrected chi connectivity index (χ1v) is 8.49. The number of amides is 1. The molecule has 3 heteroatoms. The second-order valence-corrected chi connectivity index (χ2v) is 6.43. The third-order valence-electron chi connectivity index (χ3n) is 4.47. The van der Waals surface area contributed by atoms with Gasteiger partial charge >= 0.3 is 0 Å². The van der Waals surface area contributed by atoms with Crippen molar-refractivity contribution in [3.05, 3.63) is 65.5 Å². The molecule has 1 atom stereocenters. The summed E-state index contributed by atoms with van der Waals surface area (Å²) in [5.74, 6) is 0.699. The number of pyridine rings is 1. The Morgan fingerprint density at radius 3 is 2.70 bits per heavy atom. The van der Waals surface area contributed by atoms with Crippen LogP contribution in [0, 0.1) is 12.8 Å². The molecular weight excluding hydrogens is 284 g/mol. The molecule has 1 aliphatic carbocycles. The topological polar surface area (TPSA) is 42.0 Å². The molecule has 23 heavy (non-hydrogen) atoms. The Labute approximate surface area is 138 Å². The number of nitrogens with zero attached hydrogens (tertiary/aromatic N) is 1. The van der Waals surface area contributed by atoms with Crippen LogP contribution >= 0.6 is 0 Å². The number of aromatic nitrogens is 1. The van der Waals surface area contributed by atoms with Crippen LogP contribution in [-0.4, -0.2) is 10.9 Å². The molecule has 0 unspecified atom stereocenters. The molecule has 1 aromatic heterocycles. The molecule has 0 bridgehead atoms. The van der Waals surface area contributed by atoms with Crippen molar-refractivity contribution in [2.45, 2.75) is 45.1 Å². The summed E-state index contributed by atoms with van der Waals surface area (Å²) in [5.41, 5.74) is 3.49. The van der Waals surface area contributed by atoms with E-state index in [-0.39, 0.29) is 11.9 Å². The number of carbonyl (C=O) groups excluding carboxylic acids is 1. The number of hydrogen-bond donors (Lipinski definition) is 1. The molecule has 1 aliphatic rings. The molecule has 1 heterocycles. The van der Waals surface area contributed by atoms with Crippen LogP contribution in [0.1, 0.15) is 48.5 Å². The number of hydrogen-bond acceptors (Lipinski definition) is 2. The summed E-state index contributed by atoms with van der Waals surface area (Å²) in [7, 11) is 0. The maximum absolute atomic E-state index is 12.3. The van der Waals surface area contributed by atoms with Crippen molar-refractivity contribution in [1.29, 1.82) is 0 Å². The molecule has 0 radical (unpaired) electrons. The predicted molar refractivity (Wildman–Crippen MR) is 92.0 cm³/mol.